The minimum atomic E-state index is -0.0901. The van der Waals surface area contributed by atoms with Gasteiger partial charge >= 0.3 is 0 Å². The first-order valence-electron chi connectivity index (χ1n) is 6.28. The number of aryl methyl sites for hydroxylation is 1. The molecular weight excluding hydrogens is 208 g/mol. The number of rotatable bonds is 0. The molecule has 0 amide bonds. The summed E-state index contributed by atoms with van der Waals surface area (Å²) in [5, 5.41) is 12.6. The van der Waals surface area contributed by atoms with E-state index in [4.69, 9.17) is 0 Å². The van der Waals surface area contributed by atoms with Crippen LogP contribution in [0.5, 0.6) is 5.75 Å². The molecule has 95 valence electrons. The van der Waals surface area contributed by atoms with E-state index >= 15 is 0 Å². The van der Waals surface area contributed by atoms with Crippen LogP contribution < -0.4 is 0 Å². The van der Waals surface area contributed by atoms with Crippen LogP contribution in [0.3, 0.4) is 0 Å². The molecule has 0 fully saturated rings. The second-order valence-electron chi connectivity index (χ2n) is 7.07. The fraction of sp³-hybridized carbons (Fsp3) is 0.625. The molecule has 0 aliphatic rings. The number of hydrogen-bond acceptors (Lipinski definition) is 0. The fourth-order valence-corrected chi connectivity index (χ4v) is 2.35. The van der Waals surface area contributed by atoms with Crippen molar-refractivity contribution in [2.24, 2.45) is 0 Å². The molecule has 1 aromatic carbocycles. The summed E-state index contributed by atoms with van der Waals surface area (Å²) in [4.78, 5) is 0. The maximum Gasteiger partial charge on any atom is 0.186 e. The van der Waals surface area contributed by atoms with E-state index in [0.717, 1.165) is 16.7 Å². The zero-order chi connectivity index (χ0) is 13.6. The zero-order valence-corrected chi connectivity index (χ0v) is 12.5. The van der Waals surface area contributed by atoms with Gasteiger partial charge in [-0.25, -0.2) is 0 Å². The first kappa shape index (κ1) is 14.1. The SMILES string of the molecule is Cc1cc(C(C)(C)C)c([O])c(C(C)(C)C)c1C. The summed E-state index contributed by atoms with van der Waals surface area (Å²) in [6.45, 7) is 16.8. The normalized spacial score (nSPS) is 12.9. The van der Waals surface area contributed by atoms with Gasteiger partial charge in [-0.2, -0.15) is 0 Å². The lowest BCUT2D eigenvalue weighted by atomic mass is 9.76. The summed E-state index contributed by atoms with van der Waals surface area (Å²) in [7, 11) is 0. The Labute approximate surface area is 106 Å². The Kier molecular flexibility index (Phi) is 3.35. The lowest BCUT2D eigenvalue weighted by Crippen LogP contribution is -2.19. The van der Waals surface area contributed by atoms with Gasteiger partial charge in [0.25, 0.3) is 0 Å². The van der Waals surface area contributed by atoms with Crippen molar-refractivity contribution in [1.29, 1.82) is 0 Å². The first-order valence-corrected chi connectivity index (χ1v) is 6.28. The minimum absolute atomic E-state index is 0.0878. The van der Waals surface area contributed by atoms with Crippen molar-refractivity contribution in [2.45, 2.75) is 66.2 Å². The van der Waals surface area contributed by atoms with E-state index in [9.17, 15) is 5.11 Å². The molecule has 0 aliphatic heterocycles. The third-order valence-electron chi connectivity index (χ3n) is 3.36. The Bertz CT molecular complexity index is 428. The van der Waals surface area contributed by atoms with Crippen molar-refractivity contribution in [2.75, 3.05) is 0 Å². The molecule has 0 saturated heterocycles. The molecule has 0 spiro atoms. The Morgan fingerprint density at radius 3 is 1.71 bits per heavy atom. The molecule has 17 heavy (non-hydrogen) atoms. The third kappa shape index (κ3) is 2.65. The van der Waals surface area contributed by atoms with Crippen LogP contribution in [-0.4, -0.2) is 0 Å². The average molecular weight is 233 g/mol. The Morgan fingerprint density at radius 1 is 0.882 bits per heavy atom. The predicted octanol–water partition coefficient (Wildman–Crippen LogP) is 5.04. The molecule has 1 radical (unpaired) electrons. The molecule has 0 heterocycles. The lowest BCUT2D eigenvalue weighted by molar-refractivity contribution is 0.326. The highest BCUT2D eigenvalue weighted by molar-refractivity contribution is 5.54. The molecule has 0 aromatic heterocycles. The van der Waals surface area contributed by atoms with Gasteiger partial charge in [0.15, 0.2) is 5.75 Å². The molecule has 1 heteroatoms. The molecule has 1 aromatic rings. The average Bonchev–Trinajstić information content (AvgIpc) is 2.07. The van der Waals surface area contributed by atoms with Crippen LogP contribution in [0.1, 0.15) is 63.8 Å². The van der Waals surface area contributed by atoms with Crippen LogP contribution in [0.15, 0.2) is 6.07 Å². The van der Waals surface area contributed by atoms with Gasteiger partial charge < -0.3 is 0 Å². The zero-order valence-electron chi connectivity index (χ0n) is 12.5. The lowest BCUT2D eigenvalue weighted by Gasteiger charge is -2.28. The van der Waals surface area contributed by atoms with Crippen LogP contribution >= 0.6 is 0 Å². The second-order valence-corrected chi connectivity index (χ2v) is 7.07. The van der Waals surface area contributed by atoms with Gasteiger partial charge in [0, 0.05) is 11.1 Å². The van der Waals surface area contributed by atoms with Crippen molar-refractivity contribution < 1.29 is 5.11 Å². The van der Waals surface area contributed by atoms with E-state index in [1.807, 2.05) is 0 Å². The summed E-state index contributed by atoms with van der Waals surface area (Å²) in [6.07, 6.45) is 0. The van der Waals surface area contributed by atoms with Gasteiger partial charge in [-0.15, -0.1) is 0 Å². The van der Waals surface area contributed by atoms with Gasteiger partial charge in [0.2, 0.25) is 0 Å². The van der Waals surface area contributed by atoms with Crippen molar-refractivity contribution in [3.05, 3.63) is 28.3 Å². The van der Waals surface area contributed by atoms with Gasteiger partial charge in [0.05, 0.1) is 0 Å². The second kappa shape index (κ2) is 4.04. The molecule has 0 atom stereocenters. The Hall–Kier alpha value is -0.980. The summed E-state index contributed by atoms with van der Waals surface area (Å²) < 4.78 is 0. The molecule has 0 unspecified atom stereocenters. The highest BCUT2D eigenvalue weighted by Gasteiger charge is 2.29. The first-order chi connectivity index (χ1) is 7.46. The van der Waals surface area contributed by atoms with E-state index < -0.39 is 0 Å². The molecule has 0 aliphatic carbocycles. The molecule has 0 bridgehead atoms. The highest BCUT2D eigenvalue weighted by atomic mass is 16.3. The number of hydrogen-bond donors (Lipinski definition) is 0. The van der Waals surface area contributed by atoms with Crippen molar-refractivity contribution in [1.82, 2.24) is 0 Å². The molecule has 1 rings (SSSR count). The predicted molar refractivity (Wildman–Crippen MR) is 73.4 cm³/mol. The smallest absolute Gasteiger partial charge is 0.186 e. The van der Waals surface area contributed by atoms with Crippen LogP contribution in [0, 0.1) is 13.8 Å². The van der Waals surface area contributed by atoms with Gasteiger partial charge in [-0.3, -0.25) is 5.11 Å². The topological polar surface area (TPSA) is 19.9 Å². The van der Waals surface area contributed by atoms with E-state index in [2.05, 4.69) is 61.5 Å². The minimum Gasteiger partial charge on any atom is -0.289 e. The van der Waals surface area contributed by atoms with Crippen LogP contribution in [0.2, 0.25) is 0 Å². The maximum atomic E-state index is 12.6. The van der Waals surface area contributed by atoms with Crippen molar-refractivity contribution >= 4 is 0 Å². The summed E-state index contributed by atoms with van der Waals surface area (Å²) in [5.41, 5.74) is 4.10. The fourth-order valence-electron chi connectivity index (χ4n) is 2.35. The van der Waals surface area contributed by atoms with E-state index in [-0.39, 0.29) is 16.6 Å². The van der Waals surface area contributed by atoms with Crippen LogP contribution in [0.4, 0.5) is 0 Å². The van der Waals surface area contributed by atoms with Gasteiger partial charge in [0.1, 0.15) is 0 Å². The van der Waals surface area contributed by atoms with Crippen molar-refractivity contribution in [3.63, 3.8) is 0 Å². The monoisotopic (exact) mass is 233 g/mol. The van der Waals surface area contributed by atoms with Crippen LogP contribution in [0.25, 0.3) is 0 Å². The quantitative estimate of drug-likeness (QED) is 0.598. The number of benzene rings is 1. The highest BCUT2D eigenvalue weighted by Crippen LogP contribution is 2.42. The van der Waals surface area contributed by atoms with Gasteiger partial charge in [-0.1, -0.05) is 47.6 Å². The third-order valence-corrected chi connectivity index (χ3v) is 3.36. The standard InChI is InChI=1S/C16H25O/c1-10-9-12(15(3,4)5)14(17)13(11(10)2)16(6,7)8/h9H,1-8H3. The Morgan fingerprint density at radius 2 is 1.35 bits per heavy atom. The molecule has 0 N–H and O–H groups in total. The van der Waals surface area contributed by atoms with E-state index in [1.165, 1.54) is 5.56 Å². The summed E-state index contributed by atoms with van der Waals surface area (Å²) in [5.74, 6) is 0.230. The molecular formula is C16H25O. The van der Waals surface area contributed by atoms with E-state index in [1.54, 1.807) is 0 Å². The van der Waals surface area contributed by atoms with Crippen molar-refractivity contribution in [3.8, 4) is 5.75 Å². The van der Waals surface area contributed by atoms with E-state index in [0.29, 0.717) is 0 Å². The summed E-state index contributed by atoms with van der Waals surface area (Å²) in [6, 6.07) is 2.06. The maximum absolute atomic E-state index is 12.6. The Balaban J connectivity index is 3.67. The van der Waals surface area contributed by atoms with Crippen LogP contribution in [-0.2, 0) is 15.9 Å². The molecule has 1 nitrogen and oxygen atoms in total. The van der Waals surface area contributed by atoms with Gasteiger partial charge in [-0.05, 0) is 35.8 Å². The largest absolute Gasteiger partial charge is 0.289 e. The molecule has 0 saturated carbocycles. The summed E-state index contributed by atoms with van der Waals surface area (Å²) >= 11 is 0.